The molecule has 2 heteroatoms. The van der Waals surface area contributed by atoms with Crippen molar-refractivity contribution in [1.29, 1.82) is 5.26 Å². The molecule has 0 atom stereocenters. The Balaban J connectivity index is 2.35. The number of nitrogens with zero attached hydrogens (tertiary/aromatic N) is 1. The van der Waals surface area contributed by atoms with E-state index < -0.39 is 0 Å². The molecule has 78 valence electrons. The third kappa shape index (κ3) is 1.81. The van der Waals surface area contributed by atoms with Gasteiger partial charge in [0.25, 0.3) is 0 Å². The molecule has 0 saturated heterocycles. The van der Waals surface area contributed by atoms with E-state index in [1.807, 2.05) is 12.1 Å². The summed E-state index contributed by atoms with van der Waals surface area (Å²) in [7, 11) is 0. The Kier molecular flexibility index (Phi) is 2.39. The summed E-state index contributed by atoms with van der Waals surface area (Å²) < 4.78 is 1.05. The molecule has 0 aliphatic heterocycles. The lowest BCUT2D eigenvalue weighted by Gasteiger charge is -2.49. The molecule has 0 radical (unpaired) electrons. The number of benzene rings is 1. The molecule has 0 bridgehead atoms. The van der Waals surface area contributed by atoms with Crippen molar-refractivity contribution in [1.82, 2.24) is 0 Å². The lowest BCUT2D eigenvalue weighted by atomic mass is 9.52. The smallest absolute Gasteiger partial charge is 0.0833 e. The van der Waals surface area contributed by atoms with E-state index in [2.05, 4.69) is 48.0 Å². The number of hydrogen-bond donors (Lipinski definition) is 0. The highest BCUT2D eigenvalue weighted by Crippen LogP contribution is 2.55. The Hall–Kier alpha value is -0.810. The maximum Gasteiger partial charge on any atom is 0.0833 e. The van der Waals surface area contributed by atoms with Crippen LogP contribution in [0, 0.1) is 16.7 Å². The molecule has 0 heterocycles. The zero-order valence-corrected chi connectivity index (χ0v) is 10.6. The van der Waals surface area contributed by atoms with Crippen LogP contribution in [-0.4, -0.2) is 0 Å². The SMILES string of the molecule is CC1(C)CC(C#N)(c2cccc(Br)c2)C1. The Bertz CT molecular complexity index is 420. The first kappa shape index (κ1) is 10.7. The summed E-state index contributed by atoms with van der Waals surface area (Å²) in [6.07, 6.45) is 1.93. The van der Waals surface area contributed by atoms with Gasteiger partial charge in [-0.3, -0.25) is 0 Å². The van der Waals surface area contributed by atoms with Gasteiger partial charge in [0.05, 0.1) is 11.5 Å². The van der Waals surface area contributed by atoms with E-state index in [9.17, 15) is 5.26 Å². The van der Waals surface area contributed by atoms with Gasteiger partial charge in [0.1, 0.15) is 0 Å². The molecule has 1 aliphatic rings. The van der Waals surface area contributed by atoms with Crippen LogP contribution in [0.2, 0.25) is 0 Å². The van der Waals surface area contributed by atoms with Gasteiger partial charge < -0.3 is 0 Å². The molecule has 1 saturated carbocycles. The molecular weight excluding hydrogens is 250 g/mol. The highest BCUT2D eigenvalue weighted by Gasteiger charge is 2.50. The third-order valence-electron chi connectivity index (χ3n) is 3.15. The molecule has 1 nitrogen and oxygen atoms in total. The van der Waals surface area contributed by atoms with Crippen LogP contribution in [0.15, 0.2) is 28.7 Å². The van der Waals surface area contributed by atoms with Crippen LogP contribution in [0.1, 0.15) is 32.3 Å². The summed E-state index contributed by atoms with van der Waals surface area (Å²) in [4.78, 5) is 0. The van der Waals surface area contributed by atoms with Crippen LogP contribution in [0.4, 0.5) is 0 Å². The van der Waals surface area contributed by atoms with Crippen molar-refractivity contribution in [2.75, 3.05) is 0 Å². The molecule has 0 unspecified atom stereocenters. The molecular formula is C13H14BrN. The summed E-state index contributed by atoms with van der Waals surface area (Å²) in [6.45, 7) is 4.45. The second-order valence-corrected chi connectivity index (χ2v) is 6.14. The van der Waals surface area contributed by atoms with Gasteiger partial charge in [-0.15, -0.1) is 0 Å². The van der Waals surface area contributed by atoms with Crippen LogP contribution in [-0.2, 0) is 5.41 Å². The number of rotatable bonds is 1. The van der Waals surface area contributed by atoms with Crippen molar-refractivity contribution < 1.29 is 0 Å². The molecule has 1 aromatic rings. The fraction of sp³-hybridized carbons (Fsp3) is 0.462. The normalized spacial score (nSPS) is 21.5. The van der Waals surface area contributed by atoms with E-state index in [4.69, 9.17) is 0 Å². The average molecular weight is 264 g/mol. The van der Waals surface area contributed by atoms with Crippen LogP contribution < -0.4 is 0 Å². The van der Waals surface area contributed by atoms with Crippen LogP contribution >= 0.6 is 15.9 Å². The van der Waals surface area contributed by atoms with Gasteiger partial charge in [-0.25, -0.2) is 0 Å². The molecule has 1 aliphatic carbocycles. The van der Waals surface area contributed by atoms with Crippen molar-refractivity contribution in [2.24, 2.45) is 5.41 Å². The molecule has 1 aromatic carbocycles. The van der Waals surface area contributed by atoms with E-state index in [0.717, 1.165) is 22.9 Å². The fourth-order valence-electron chi connectivity index (χ4n) is 2.72. The quantitative estimate of drug-likeness (QED) is 0.751. The zero-order valence-electron chi connectivity index (χ0n) is 9.05. The molecule has 0 spiro atoms. The fourth-order valence-corrected chi connectivity index (χ4v) is 3.12. The largest absolute Gasteiger partial charge is 0.197 e. The maximum atomic E-state index is 9.35. The molecule has 0 N–H and O–H groups in total. The van der Waals surface area contributed by atoms with Gasteiger partial charge in [0.2, 0.25) is 0 Å². The summed E-state index contributed by atoms with van der Waals surface area (Å²) >= 11 is 3.46. The molecule has 2 rings (SSSR count). The van der Waals surface area contributed by atoms with Crippen LogP contribution in [0.3, 0.4) is 0 Å². The van der Waals surface area contributed by atoms with E-state index in [0.29, 0.717) is 5.41 Å². The second kappa shape index (κ2) is 3.35. The van der Waals surface area contributed by atoms with E-state index in [1.54, 1.807) is 0 Å². The number of halogens is 1. The maximum absolute atomic E-state index is 9.35. The zero-order chi connectivity index (χ0) is 11.1. The summed E-state index contributed by atoms with van der Waals surface area (Å²) in [5, 5.41) is 9.35. The first-order valence-corrected chi connectivity index (χ1v) is 5.94. The molecule has 0 amide bonds. The van der Waals surface area contributed by atoms with E-state index >= 15 is 0 Å². The first-order chi connectivity index (χ1) is 6.97. The van der Waals surface area contributed by atoms with Crippen molar-refractivity contribution in [3.05, 3.63) is 34.3 Å². The highest BCUT2D eigenvalue weighted by molar-refractivity contribution is 9.10. The highest BCUT2D eigenvalue weighted by atomic mass is 79.9. The van der Waals surface area contributed by atoms with E-state index in [-0.39, 0.29) is 5.41 Å². The Morgan fingerprint density at radius 1 is 1.33 bits per heavy atom. The topological polar surface area (TPSA) is 23.8 Å². The minimum atomic E-state index is -0.243. The van der Waals surface area contributed by atoms with Crippen LogP contribution in [0.5, 0.6) is 0 Å². The average Bonchev–Trinajstić information content (AvgIpc) is 2.13. The first-order valence-electron chi connectivity index (χ1n) is 5.15. The van der Waals surface area contributed by atoms with Crippen molar-refractivity contribution in [3.8, 4) is 6.07 Å². The lowest BCUT2D eigenvalue weighted by Crippen LogP contribution is -2.45. The Morgan fingerprint density at radius 3 is 2.47 bits per heavy atom. The Labute approximate surface area is 99.2 Å². The third-order valence-corrected chi connectivity index (χ3v) is 3.65. The predicted molar refractivity (Wildman–Crippen MR) is 64.4 cm³/mol. The van der Waals surface area contributed by atoms with Gasteiger partial charge in [-0.2, -0.15) is 5.26 Å². The Morgan fingerprint density at radius 2 is 2.00 bits per heavy atom. The molecule has 15 heavy (non-hydrogen) atoms. The molecule has 0 aromatic heterocycles. The van der Waals surface area contributed by atoms with Gasteiger partial charge in [0.15, 0.2) is 0 Å². The van der Waals surface area contributed by atoms with Gasteiger partial charge in [-0.05, 0) is 36.0 Å². The van der Waals surface area contributed by atoms with Crippen molar-refractivity contribution >= 4 is 15.9 Å². The summed E-state index contributed by atoms with van der Waals surface area (Å²) in [5.41, 5.74) is 1.23. The predicted octanol–water partition coefficient (Wildman–Crippen LogP) is 4.03. The minimum absolute atomic E-state index is 0.243. The standard InChI is InChI=1S/C13H14BrN/c1-12(2)7-13(8-12,9-15)10-4-3-5-11(14)6-10/h3-6H,7-8H2,1-2H3. The minimum Gasteiger partial charge on any atom is -0.197 e. The van der Waals surface area contributed by atoms with Gasteiger partial charge in [0, 0.05) is 4.47 Å². The lowest BCUT2D eigenvalue weighted by molar-refractivity contribution is 0.0999. The number of nitriles is 1. The summed E-state index contributed by atoms with van der Waals surface area (Å²) in [5.74, 6) is 0. The summed E-state index contributed by atoms with van der Waals surface area (Å²) in [6, 6.07) is 10.6. The number of hydrogen-bond acceptors (Lipinski definition) is 1. The van der Waals surface area contributed by atoms with Gasteiger partial charge in [-0.1, -0.05) is 41.9 Å². The molecule has 1 fully saturated rings. The van der Waals surface area contributed by atoms with Gasteiger partial charge >= 0.3 is 0 Å². The second-order valence-electron chi connectivity index (χ2n) is 5.22. The van der Waals surface area contributed by atoms with Crippen molar-refractivity contribution in [3.63, 3.8) is 0 Å². The van der Waals surface area contributed by atoms with E-state index in [1.165, 1.54) is 0 Å². The van der Waals surface area contributed by atoms with Crippen LogP contribution in [0.25, 0.3) is 0 Å². The monoisotopic (exact) mass is 263 g/mol. The van der Waals surface area contributed by atoms with Crippen molar-refractivity contribution in [2.45, 2.75) is 32.1 Å².